The van der Waals surface area contributed by atoms with Crippen LogP contribution in [0.25, 0.3) is 0 Å². The molecule has 0 saturated heterocycles. The Kier molecular flexibility index (Phi) is 7.96. The van der Waals surface area contributed by atoms with Gasteiger partial charge in [-0.1, -0.05) is 163 Å². The van der Waals surface area contributed by atoms with Gasteiger partial charge in [-0.25, -0.2) is 0 Å². The molecule has 43 heavy (non-hydrogen) atoms. The fraction of sp³-hybridized carbons (Fsp3) is 0.684. The van der Waals surface area contributed by atoms with Gasteiger partial charge in [-0.3, -0.25) is 4.55 Å². The predicted molar refractivity (Wildman–Crippen MR) is 191 cm³/mol. The van der Waals surface area contributed by atoms with Crippen molar-refractivity contribution >= 4 is 32.7 Å². The first-order chi connectivity index (χ1) is 19.0. The molecular weight excluding hydrogens is 663 g/mol. The Balaban J connectivity index is 2.48. The van der Waals surface area contributed by atoms with Crippen molar-refractivity contribution in [3.8, 4) is 0 Å². The standard InChI is InChI=1S/C38H57IO3S/c1-31(2,3)24-18-16-20-26(29(24)33(7,8)9)37(27-21-17-19-25(32(4,5)6)30(27)34(10,11)12)28-22-23-36(15,35(28,13)14)38(37,39)43(40,41)42/h16-21,28H,22-23H2,1-15H3,(H,40,41,42). The molecule has 240 valence electrons. The third-order valence-electron chi connectivity index (χ3n) is 11.4. The lowest BCUT2D eigenvalue weighted by Gasteiger charge is -2.55. The van der Waals surface area contributed by atoms with E-state index in [4.69, 9.17) is 0 Å². The highest BCUT2D eigenvalue weighted by Crippen LogP contribution is 2.82. The lowest BCUT2D eigenvalue weighted by Crippen LogP contribution is -2.61. The Labute approximate surface area is 277 Å². The van der Waals surface area contributed by atoms with Crippen LogP contribution in [-0.2, 0) is 37.2 Å². The minimum atomic E-state index is -4.60. The summed E-state index contributed by atoms with van der Waals surface area (Å²) in [6, 6.07) is 13.2. The minimum Gasteiger partial charge on any atom is -0.284 e. The molecule has 1 N–H and O–H groups in total. The van der Waals surface area contributed by atoms with Crippen molar-refractivity contribution in [2.75, 3.05) is 0 Å². The molecule has 2 aromatic rings. The van der Waals surface area contributed by atoms with E-state index in [0.717, 1.165) is 24.0 Å². The average molecular weight is 721 g/mol. The first-order valence-corrected chi connectivity index (χ1v) is 18.5. The summed E-state index contributed by atoms with van der Waals surface area (Å²) in [6.07, 6.45) is 1.65. The largest absolute Gasteiger partial charge is 0.284 e. The van der Waals surface area contributed by atoms with Crippen LogP contribution in [0.15, 0.2) is 36.4 Å². The van der Waals surface area contributed by atoms with Crippen molar-refractivity contribution in [2.45, 2.75) is 147 Å². The molecule has 0 aromatic heterocycles. The normalized spacial score (nSPS) is 27.5. The van der Waals surface area contributed by atoms with Gasteiger partial charge in [0, 0.05) is 5.41 Å². The number of fused-ring (bicyclic) bond motifs is 2. The molecule has 2 saturated carbocycles. The second-order valence-corrected chi connectivity index (χ2v) is 22.4. The summed E-state index contributed by atoms with van der Waals surface area (Å²) in [6.45, 7) is 33.7. The Hall–Kier alpha value is -0.920. The monoisotopic (exact) mass is 720 g/mol. The molecule has 0 spiro atoms. The van der Waals surface area contributed by atoms with E-state index in [0.29, 0.717) is 0 Å². The van der Waals surface area contributed by atoms with Crippen molar-refractivity contribution in [1.82, 2.24) is 0 Å². The van der Waals surface area contributed by atoms with Gasteiger partial charge in [-0.2, -0.15) is 8.42 Å². The quantitative estimate of drug-likeness (QED) is 0.195. The minimum absolute atomic E-state index is 0.0172. The summed E-state index contributed by atoms with van der Waals surface area (Å²) in [5.74, 6) is -0.0172. The summed E-state index contributed by atoms with van der Waals surface area (Å²) >= 11 is 2.25. The number of hydrogen-bond donors (Lipinski definition) is 1. The zero-order valence-corrected chi connectivity index (χ0v) is 32.5. The number of rotatable bonds is 3. The van der Waals surface area contributed by atoms with Crippen LogP contribution >= 0.6 is 22.6 Å². The zero-order valence-electron chi connectivity index (χ0n) is 29.5. The van der Waals surface area contributed by atoms with Gasteiger partial charge in [-0.05, 0) is 79.2 Å². The van der Waals surface area contributed by atoms with E-state index in [1.807, 2.05) is 0 Å². The molecule has 2 fully saturated rings. The van der Waals surface area contributed by atoms with Crippen LogP contribution in [0.2, 0.25) is 0 Å². The smallest absolute Gasteiger partial charge is 0.281 e. The maximum absolute atomic E-state index is 14.4. The van der Waals surface area contributed by atoms with Gasteiger partial charge >= 0.3 is 0 Å². The lowest BCUT2D eigenvalue weighted by atomic mass is 9.55. The Morgan fingerprint density at radius 3 is 1.37 bits per heavy atom. The summed E-state index contributed by atoms with van der Waals surface area (Å²) in [5.41, 5.74) is 4.08. The lowest BCUT2D eigenvalue weighted by molar-refractivity contribution is 0.147. The topological polar surface area (TPSA) is 54.4 Å². The van der Waals surface area contributed by atoms with E-state index in [9.17, 15) is 13.0 Å². The van der Waals surface area contributed by atoms with Crippen molar-refractivity contribution in [3.05, 3.63) is 69.8 Å². The Morgan fingerprint density at radius 1 is 0.698 bits per heavy atom. The molecule has 2 aliphatic rings. The molecule has 2 aliphatic carbocycles. The second kappa shape index (κ2) is 9.80. The van der Waals surface area contributed by atoms with E-state index < -0.39 is 23.7 Å². The fourth-order valence-electron chi connectivity index (χ4n) is 9.48. The SMILES string of the molecule is CC(C)(C)c1cccc(C2(c3cccc(C(C)(C)C)c3C(C)(C)C)C3CCC(C)(C3(C)C)C2(I)S(=O)(=O)O)c1C(C)(C)C. The third-order valence-corrected chi connectivity index (χ3v) is 16.6. The molecule has 3 nitrogen and oxygen atoms in total. The van der Waals surface area contributed by atoms with Crippen molar-refractivity contribution in [1.29, 1.82) is 0 Å². The van der Waals surface area contributed by atoms with E-state index in [1.165, 1.54) is 22.3 Å². The molecule has 4 rings (SSSR count). The first-order valence-electron chi connectivity index (χ1n) is 16.0. The second-order valence-electron chi connectivity index (χ2n) is 18.5. The predicted octanol–water partition coefficient (Wildman–Crippen LogP) is 10.6. The molecule has 0 radical (unpaired) electrons. The molecule has 0 amide bonds. The fourth-order valence-corrected chi connectivity index (χ4v) is 13.1. The van der Waals surface area contributed by atoms with Crippen LogP contribution in [0.3, 0.4) is 0 Å². The number of alkyl halides is 1. The van der Waals surface area contributed by atoms with Gasteiger partial charge in [0.25, 0.3) is 10.1 Å². The summed E-state index contributed by atoms with van der Waals surface area (Å²) in [5, 5.41) is 0. The maximum Gasteiger partial charge on any atom is 0.281 e. The maximum atomic E-state index is 14.4. The van der Waals surface area contributed by atoms with E-state index in [2.05, 4.69) is 163 Å². The molecular formula is C38H57IO3S. The first kappa shape index (κ1) is 34.9. The average Bonchev–Trinajstić information content (AvgIpc) is 3.11. The number of halogens is 1. The third kappa shape index (κ3) is 4.58. The highest BCUT2D eigenvalue weighted by Gasteiger charge is 2.85. The Bertz CT molecular complexity index is 1460. The molecule has 0 heterocycles. The van der Waals surface area contributed by atoms with Crippen LogP contribution in [0.4, 0.5) is 0 Å². The molecule has 3 unspecified atom stereocenters. The molecule has 2 bridgehead atoms. The van der Waals surface area contributed by atoms with E-state index >= 15 is 0 Å². The van der Waals surface area contributed by atoms with Gasteiger partial charge in [0.2, 0.25) is 0 Å². The van der Waals surface area contributed by atoms with Gasteiger partial charge < -0.3 is 0 Å². The van der Waals surface area contributed by atoms with Gasteiger partial charge in [0.1, 0.15) is 0 Å². The van der Waals surface area contributed by atoms with Gasteiger partial charge in [0.05, 0.1) is 5.41 Å². The summed E-state index contributed by atoms with van der Waals surface area (Å²) < 4.78 is 39.1. The molecule has 5 heteroatoms. The van der Waals surface area contributed by atoms with Crippen molar-refractivity contribution in [3.63, 3.8) is 0 Å². The van der Waals surface area contributed by atoms with Crippen LogP contribution in [0.1, 0.15) is 150 Å². The Morgan fingerprint density at radius 2 is 1.07 bits per heavy atom. The van der Waals surface area contributed by atoms with Crippen LogP contribution < -0.4 is 0 Å². The van der Waals surface area contributed by atoms with Gasteiger partial charge in [-0.15, -0.1) is 0 Å². The summed E-state index contributed by atoms with van der Waals surface area (Å²) in [7, 11) is -4.60. The van der Waals surface area contributed by atoms with Crippen LogP contribution in [0, 0.1) is 16.7 Å². The molecule has 0 aliphatic heterocycles. The van der Waals surface area contributed by atoms with Crippen molar-refractivity contribution in [2.24, 2.45) is 16.7 Å². The van der Waals surface area contributed by atoms with Crippen LogP contribution in [0.5, 0.6) is 0 Å². The number of benzene rings is 2. The van der Waals surface area contributed by atoms with Crippen LogP contribution in [-0.4, -0.2) is 15.7 Å². The molecule has 3 atom stereocenters. The van der Waals surface area contributed by atoms with Gasteiger partial charge in [0.15, 0.2) is 2.75 Å². The zero-order chi connectivity index (χ0) is 33.2. The number of hydrogen-bond acceptors (Lipinski definition) is 2. The van der Waals surface area contributed by atoms with E-state index in [-0.39, 0.29) is 33.0 Å². The van der Waals surface area contributed by atoms with Crippen molar-refractivity contribution < 1.29 is 13.0 Å². The summed E-state index contributed by atoms with van der Waals surface area (Å²) in [4.78, 5) is 0. The highest BCUT2D eigenvalue weighted by molar-refractivity contribution is 14.1. The molecule has 2 aromatic carbocycles. The van der Waals surface area contributed by atoms with E-state index in [1.54, 1.807) is 0 Å². The highest BCUT2D eigenvalue weighted by atomic mass is 127.